The highest BCUT2D eigenvalue weighted by Gasteiger charge is 2.16. The minimum Gasteiger partial charge on any atom is -0.326 e. The molecule has 1 unspecified atom stereocenters. The van der Waals surface area contributed by atoms with Crippen molar-refractivity contribution >= 4 is 48.2 Å². The Hall–Kier alpha value is -1.21. The van der Waals surface area contributed by atoms with E-state index in [1.165, 1.54) is 0 Å². The lowest BCUT2D eigenvalue weighted by Gasteiger charge is -2.22. The van der Waals surface area contributed by atoms with E-state index in [-0.39, 0.29) is 36.8 Å². The number of halogens is 2. The molecule has 126 valence electrons. The second-order valence-corrected chi connectivity index (χ2v) is 6.15. The van der Waals surface area contributed by atoms with E-state index in [4.69, 9.17) is 0 Å². The molecule has 8 heteroatoms. The summed E-state index contributed by atoms with van der Waals surface area (Å²) in [6, 6.07) is 8.04. The molecule has 0 aliphatic carbocycles. The third-order valence-electron chi connectivity index (χ3n) is 3.36. The highest BCUT2D eigenvalue weighted by Crippen LogP contribution is 2.16. The standard InChI is InChI=1S/C15H18N4OS.2ClH/c20-15(9-13-10-21-7-5-17-13)18-12-2-1-3-14(8-12)19-6-4-16-11-19;;/h1-4,6,8,11,13,17H,5,7,9-10H2,(H,18,20);2*1H. The second-order valence-electron chi connectivity index (χ2n) is 5.00. The largest absolute Gasteiger partial charge is 0.326 e. The molecule has 1 aliphatic rings. The number of thioether (sulfide) groups is 1. The smallest absolute Gasteiger partial charge is 0.225 e. The summed E-state index contributed by atoms with van der Waals surface area (Å²) in [6.45, 7) is 0.985. The number of anilines is 1. The van der Waals surface area contributed by atoms with Gasteiger partial charge < -0.3 is 15.2 Å². The highest BCUT2D eigenvalue weighted by molar-refractivity contribution is 7.99. The topological polar surface area (TPSA) is 59.0 Å². The minimum absolute atomic E-state index is 0. The molecule has 1 aliphatic heterocycles. The predicted molar refractivity (Wildman–Crippen MR) is 100 cm³/mol. The van der Waals surface area contributed by atoms with E-state index in [0.717, 1.165) is 29.4 Å². The average molecular weight is 375 g/mol. The third-order valence-corrected chi connectivity index (χ3v) is 4.49. The Bertz CT molecular complexity index is 603. The Labute approximate surface area is 152 Å². The van der Waals surface area contributed by atoms with Crippen LogP contribution in [-0.2, 0) is 4.79 Å². The van der Waals surface area contributed by atoms with Crippen LogP contribution in [0, 0.1) is 0 Å². The summed E-state index contributed by atoms with van der Waals surface area (Å²) in [7, 11) is 0. The van der Waals surface area contributed by atoms with Crippen molar-refractivity contribution in [1.29, 1.82) is 0 Å². The fourth-order valence-electron chi connectivity index (χ4n) is 2.34. The Morgan fingerprint density at radius 3 is 3.00 bits per heavy atom. The van der Waals surface area contributed by atoms with E-state index in [9.17, 15) is 4.79 Å². The molecular weight excluding hydrogens is 355 g/mol. The van der Waals surface area contributed by atoms with E-state index in [1.807, 2.05) is 46.8 Å². The fourth-order valence-corrected chi connectivity index (χ4v) is 3.29. The first-order valence-corrected chi connectivity index (χ1v) is 8.16. The van der Waals surface area contributed by atoms with Crippen molar-refractivity contribution in [2.24, 2.45) is 0 Å². The lowest BCUT2D eigenvalue weighted by atomic mass is 10.2. The molecule has 2 aromatic rings. The summed E-state index contributed by atoms with van der Waals surface area (Å²) < 4.78 is 1.91. The van der Waals surface area contributed by atoms with E-state index in [0.29, 0.717) is 6.42 Å². The van der Waals surface area contributed by atoms with Gasteiger partial charge in [0.05, 0.1) is 6.33 Å². The number of nitrogens with one attached hydrogen (secondary N) is 2. The zero-order chi connectivity index (χ0) is 14.5. The quantitative estimate of drug-likeness (QED) is 0.863. The van der Waals surface area contributed by atoms with Gasteiger partial charge in [-0.3, -0.25) is 4.79 Å². The van der Waals surface area contributed by atoms with Gasteiger partial charge in [0.25, 0.3) is 0 Å². The first kappa shape index (κ1) is 19.8. The van der Waals surface area contributed by atoms with Gasteiger partial charge >= 0.3 is 0 Å². The van der Waals surface area contributed by atoms with Gasteiger partial charge in [-0.05, 0) is 18.2 Å². The van der Waals surface area contributed by atoms with Crippen molar-refractivity contribution in [3.05, 3.63) is 43.0 Å². The first-order valence-electron chi connectivity index (χ1n) is 7.00. The molecule has 1 aromatic heterocycles. The molecule has 1 fully saturated rings. The maximum absolute atomic E-state index is 12.1. The van der Waals surface area contributed by atoms with E-state index in [1.54, 1.807) is 12.5 Å². The zero-order valence-electron chi connectivity index (χ0n) is 12.5. The van der Waals surface area contributed by atoms with Gasteiger partial charge in [-0.1, -0.05) is 6.07 Å². The molecule has 0 saturated carbocycles. The average Bonchev–Trinajstić information content (AvgIpc) is 3.02. The van der Waals surface area contributed by atoms with Crippen LogP contribution < -0.4 is 10.6 Å². The van der Waals surface area contributed by atoms with Gasteiger partial charge in [0.15, 0.2) is 0 Å². The molecule has 2 N–H and O–H groups in total. The van der Waals surface area contributed by atoms with Crippen LogP contribution in [0.5, 0.6) is 0 Å². The van der Waals surface area contributed by atoms with E-state index < -0.39 is 0 Å². The van der Waals surface area contributed by atoms with Crippen LogP contribution in [0.1, 0.15) is 6.42 Å². The Morgan fingerprint density at radius 1 is 1.43 bits per heavy atom. The van der Waals surface area contributed by atoms with Crippen molar-refractivity contribution in [2.45, 2.75) is 12.5 Å². The zero-order valence-corrected chi connectivity index (χ0v) is 14.9. The number of benzene rings is 1. The number of imidazole rings is 1. The van der Waals surface area contributed by atoms with Crippen LogP contribution in [0.3, 0.4) is 0 Å². The molecular formula is C15H20Cl2N4OS. The molecule has 1 atom stereocenters. The maximum Gasteiger partial charge on any atom is 0.225 e. The number of carbonyl (C=O) groups is 1. The van der Waals surface area contributed by atoms with Crippen molar-refractivity contribution < 1.29 is 4.79 Å². The number of carbonyl (C=O) groups excluding carboxylic acids is 1. The van der Waals surface area contributed by atoms with E-state index in [2.05, 4.69) is 15.6 Å². The van der Waals surface area contributed by atoms with Crippen LogP contribution in [0.15, 0.2) is 43.0 Å². The maximum atomic E-state index is 12.1. The lowest BCUT2D eigenvalue weighted by Crippen LogP contribution is -2.39. The van der Waals surface area contributed by atoms with Crippen LogP contribution in [-0.4, -0.2) is 39.6 Å². The molecule has 0 radical (unpaired) electrons. The van der Waals surface area contributed by atoms with Crippen LogP contribution >= 0.6 is 36.6 Å². The molecule has 1 amide bonds. The third kappa shape index (κ3) is 5.73. The molecule has 1 aromatic carbocycles. The molecule has 3 rings (SSSR count). The van der Waals surface area contributed by atoms with Crippen LogP contribution in [0.25, 0.3) is 5.69 Å². The number of rotatable bonds is 4. The minimum atomic E-state index is 0. The normalized spacial score (nSPS) is 16.8. The predicted octanol–water partition coefficient (Wildman–Crippen LogP) is 2.75. The summed E-state index contributed by atoms with van der Waals surface area (Å²) in [5.74, 6) is 2.19. The van der Waals surface area contributed by atoms with Gasteiger partial charge in [-0.25, -0.2) is 4.98 Å². The first-order chi connectivity index (χ1) is 10.3. The van der Waals surface area contributed by atoms with Gasteiger partial charge in [0.2, 0.25) is 5.91 Å². The Balaban J connectivity index is 0.00000132. The second kappa shape index (κ2) is 9.82. The van der Waals surface area contributed by atoms with Gasteiger partial charge in [-0.2, -0.15) is 11.8 Å². The number of hydrogen-bond acceptors (Lipinski definition) is 4. The molecule has 0 spiro atoms. The molecule has 23 heavy (non-hydrogen) atoms. The van der Waals surface area contributed by atoms with Crippen molar-refractivity contribution in [1.82, 2.24) is 14.9 Å². The summed E-state index contributed by atoms with van der Waals surface area (Å²) in [5, 5.41) is 6.35. The van der Waals surface area contributed by atoms with Gasteiger partial charge in [0.1, 0.15) is 0 Å². The highest BCUT2D eigenvalue weighted by atomic mass is 35.5. The number of amides is 1. The van der Waals surface area contributed by atoms with Gasteiger partial charge in [-0.15, -0.1) is 24.8 Å². The molecule has 5 nitrogen and oxygen atoms in total. The SMILES string of the molecule is Cl.Cl.O=C(CC1CSCCN1)Nc1cccc(-n2ccnc2)c1. The number of aromatic nitrogens is 2. The summed E-state index contributed by atoms with van der Waals surface area (Å²) in [4.78, 5) is 16.1. The van der Waals surface area contributed by atoms with Gasteiger partial charge in [0, 0.05) is 54.3 Å². The van der Waals surface area contributed by atoms with Crippen molar-refractivity contribution in [2.75, 3.05) is 23.4 Å². The number of hydrogen-bond donors (Lipinski definition) is 2. The van der Waals surface area contributed by atoms with Crippen LogP contribution in [0.4, 0.5) is 5.69 Å². The summed E-state index contributed by atoms with van der Waals surface area (Å²) in [6.07, 6.45) is 5.87. The molecule has 2 heterocycles. The van der Waals surface area contributed by atoms with Crippen molar-refractivity contribution in [3.63, 3.8) is 0 Å². The van der Waals surface area contributed by atoms with Crippen molar-refractivity contribution in [3.8, 4) is 5.69 Å². The Kier molecular flexibility index (Phi) is 8.47. The van der Waals surface area contributed by atoms with E-state index >= 15 is 0 Å². The number of nitrogens with zero attached hydrogens (tertiary/aromatic N) is 2. The fraction of sp³-hybridized carbons (Fsp3) is 0.333. The monoisotopic (exact) mass is 374 g/mol. The molecule has 0 bridgehead atoms. The molecule has 1 saturated heterocycles. The Morgan fingerprint density at radius 2 is 2.30 bits per heavy atom. The van der Waals surface area contributed by atoms with Crippen LogP contribution in [0.2, 0.25) is 0 Å². The lowest BCUT2D eigenvalue weighted by molar-refractivity contribution is -0.116. The summed E-state index contributed by atoms with van der Waals surface area (Å²) >= 11 is 1.90. The summed E-state index contributed by atoms with van der Waals surface area (Å²) in [5.41, 5.74) is 1.80.